The maximum absolute atomic E-state index is 13.1. The highest BCUT2D eigenvalue weighted by atomic mass is 32.2. The van der Waals surface area contributed by atoms with E-state index >= 15 is 0 Å². The molecule has 4 rings (SSSR count). The molecule has 0 unspecified atom stereocenters. The number of rotatable bonds is 9. The van der Waals surface area contributed by atoms with Gasteiger partial charge in [0.1, 0.15) is 29.2 Å². The molecule has 0 aliphatic heterocycles. The lowest BCUT2D eigenvalue weighted by Crippen LogP contribution is -2.11. The average molecular weight is 479 g/mol. The summed E-state index contributed by atoms with van der Waals surface area (Å²) in [6.07, 6.45) is 0. The molecule has 0 spiro atoms. The van der Waals surface area contributed by atoms with Crippen molar-refractivity contribution in [1.29, 1.82) is 0 Å². The van der Waals surface area contributed by atoms with Crippen molar-refractivity contribution in [3.63, 3.8) is 0 Å². The Balaban J connectivity index is 1.52. The molecule has 34 heavy (non-hydrogen) atoms. The quantitative estimate of drug-likeness (QED) is 0.174. The van der Waals surface area contributed by atoms with Gasteiger partial charge in [0.25, 0.3) is 0 Å². The van der Waals surface area contributed by atoms with Gasteiger partial charge in [-0.1, -0.05) is 53.7 Å². The van der Waals surface area contributed by atoms with Crippen molar-refractivity contribution in [1.82, 2.24) is 14.8 Å². The molecule has 0 aliphatic rings. The van der Waals surface area contributed by atoms with Crippen molar-refractivity contribution >= 4 is 11.8 Å². The number of nitro groups is 1. The molecular formula is C25H23FN4O3S. The molecule has 0 saturated carbocycles. The molecule has 0 fully saturated rings. The van der Waals surface area contributed by atoms with Gasteiger partial charge in [-0.3, -0.25) is 14.7 Å². The first-order valence-corrected chi connectivity index (χ1v) is 11.5. The third-order valence-electron chi connectivity index (χ3n) is 5.22. The Bertz CT molecular complexity index is 1260. The number of nitrogens with zero attached hydrogens (tertiary/aromatic N) is 4. The highest BCUT2D eigenvalue weighted by Crippen LogP contribution is 2.36. The van der Waals surface area contributed by atoms with Crippen LogP contribution in [0.1, 0.15) is 27.8 Å². The van der Waals surface area contributed by atoms with Gasteiger partial charge in [0, 0.05) is 10.6 Å². The molecule has 0 aliphatic carbocycles. The Morgan fingerprint density at radius 2 is 1.68 bits per heavy atom. The second-order valence-corrected chi connectivity index (χ2v) is 8.98. The largest absolute Gasteiger partial charge is 0.489 e. The van der Waals surface area contributed by atoms with E-state index in [-0.39, 0.29) is 17.3 Å². The average Bonchev–Trinajstić information content (AvgIpc) is 3.19. The van der Waals surface area contributed by atoms with Crippen LogP contribution >= 0.6 is 11.8 Å². The number of hydrogen-bond acceptors (Lipinski definition) is 6. The Hall–Kier alpha value is -3.72. The first-order chi connectivity index (χ1) is 16.4. The predicted molar refractivity (Wildman–Crippen MR) is 128 cm³/mol. The van der Waals surface area contributed by atoms with Crippen LogP contribution in [0.25, 0.3) is 5.69 Å². The van der Waals surface area contributed by atoms with Crippen LogP contribution in [0.3, 0.4) is 0 Å². The summed E-state index contributed by atoms with van der Waals surface area (Å²) in [5, 5.41) is 20.0. The minimum Gasteiger partial charge on any atom is -0.489 e. The van der Waals surface area contributed by atoms with E-state index in [2.05, 4.69) is 10.2 Å². The molecule has 1 aromatic heterocycles. The lowest BCUT2D eigenvalue weighted by Gasteiger charge is -2.15. The third kappa shape index (κ3) is 5.79. The summed E-state index contributed by atoms with van der Waals surface area (Å²) >= 11 is 1.31. The van der Waals surface area contributed by atoms with Gasteiger partial charge >= 0.3 is 0 Å². The van der Waals surface area contributed by atoms with Crippen LogP contribution in [0.2, 0.25) is 0 Å². The van der Waals surface area contributed by atoms with Crippen molar-refractivity contribution in [2.24, 2.45) is 0 Å². The van der Waals surface area contributed by atoms with Crippen LogP contribution in [0.5, 0.6) is 5.75 Å². The SMILES string of the molecule is Cc1ccc(-n2c(C)nnc2S[C@H](C[N+](=O)[O-])c2ccc(OCc3ccc(F)cc3)cc2)cc1. The fraction of sp³-hybridized carbons (Fsp3) is 0.200. The molecule has 7 nitrogen and oxygen atoms in total. The van der Waals surface area contributed by atoms with E-state index in [0.717, 1.165) is 22.4 Å². The summed E-state index contributed by atoms with van der Waals surface area (Å²) in [6.45, 7) is 3.90. The van der Waals surface area contributed by atoms with Crippen LogP contribution < -0.4 is 4.74 Å². The summed E-state index contributed by atoms with van der Waals surface area (Å²) in [4.78, 5) is 11.1. The van der Waals surface area contributed by atoms with Crippen LogP contribution in [0, 0.1) is 29.8 Å². The van der Waals surface area contributed by atoms with Crippen LogP contribution in [0.4, 0.5) is 4.39 Å². The Morgan fingerprint density at radius 1 is 1.00 bits per heavy atom. The summed E-state index contributed by atoms with van der Waals surface area (Å²) < 4.78 is 20.7. The van der Waals surface area contributed by atoms with Gasteiger partial charge < -0.3 is 4.74 Å². The van der Waals surface area contributed by atoms with Crippen LogP contribution in [0.15, 0.2) is 78.0 Å². The van der Waals surface area contributed by atoms with Gasteiger partial charge in [-0.25, -0.2) is 4.39 Å². The second-order valence-electron chi connectivity index (χ2n) is 7.81. The maximum atomic E-state index is 13.1. The number of halogens is 1. The molecule has 1 atom stereocenters. The number of thioether (sulfide) groups is 1. The zero-order valence-electron chi connectivity index (χ0n) is 18.7. The lowest BCUT2D eigenvalue weighted by atomic mass is 10.1. The van der Waals surface area contributed by atoms with Gasteiger partial charge in [0.15, 0.2) is 5.16 Å². The molecule has 174 valence electrons. The maximum Gasteiger partial charge on any atom is 0.220 e. The molecule has 1 heterocycles. The van der Waals surface area contributed by atoms with Crippen LogP contribution in [-0.4, -0.2) is 26.2 Å². The highest BCUT2D eigenvalue weighted by molar-refractivity contribution is 7.99. The van der Waals surface area contributed by atoms with E-state index in [1.54, 1.807) is 24.3 Å². The lowest BCUT2D eigenvalue weighted by molar-refractivity contribution is -0.479. The molecular weight excluding hydrogens is 455 g/mol. The summed E-state index contributed by atoms with van der Waals surface area (Å²) in [5.41, 5.74) is 3.67. The van der Waals surface area contributed by atoms with Crippen molar-refractivity contribution in [3.8, 4) is 11.4 Å². The minimum absolute atomic E-state index is 0.264. The first-order valence-electron chi connectivity index (χ1n) is 10.6. The molecule has 9 heteroatoms. The van der Waals surface area contributed by atoms with Gasteiger partial charge in [0.2, 0.25) is 6.54 Å². The smallest absolute Gasteiger partial charge is 0.220 e. The van der Waals surface area contributed by atoms with Crippen molar-refractivity contribution in [2.75, 3.05) is 6.54 Å². The summed E-state index contributed by atoms with van der Waals surface area (Å²) in [6, 6.07) is 21.3. The molecule has 0 saturated heterocycles. The summed E-state index contributed by atoms with van der Waals surface area (Å²) in [5.74, 6) is 1.03. The number of aromatic nitrogens is 3. The molecule has 3 aromatic carbocycles. The summed E-state index contributed by atoms with van der Waals surface area (Å²) in [7, 11) is 0. The number of hydrogen-bond donors (Lipinski definition) is 0. The fourth-order valence-corrected chi connectivity index (χ4v) is 4.58. The third-order valence-corrected chi connectivity index (χ3v) is 6.40. The molecule has 0 bridgehead atoms. The number of benzene rings is 3. The van der Waals surface area contributed by atoms with Gasteiger partial charge in [-0.05, 0) is 61.4 Å². The monoisotopic (exact) mass is 478 g/mol. The van der Waals surface area contributed by atoms with Gasteiger partial charge in [-0.15, -0.1) is 10.2 Å². The van der Waals surface area contributed by atoms with E-state index in [1.165, 1.54) is 23.9 Å². The van der Waals surface area contributed by atoms with Gasteiger partial charge in [-0.2, -0.15) is 0 Å². The standard InChI is InChI=1S/C25H23FN4O3S/c1-17-3-11-22(12-4-17)30-18(2)27-28-25(30)34-24(15-29(31)32)20-7-13-23(14-8-20)33-16-19-5-9-21(26)10-6-19/h3-14,24H,15-16H2,1-2H3/t24-/m1/s1. The molecule has 0 amide bonds. The normalized spacial score (nSPS) is 11.9. The second kappa shape index (κ2) is 10.5. The van der Waals surface area contributed by atoms with Crippen LogP contribution in [-0.2, 0) is 6.61 Å². The van der Waals surface area contributed by atoms with Gasteiger partial charge in [0.05, 0.1) is 0 Å². The van der Waals surface area contributed by atoms with Crippen molar-refractivity contribution < 1.29 is 14.1 Å². The van der Waals surface area contributed by atoms with E-state index in [4.69, 9.17) is 4.74 Å². The molecule has 0 radical (unpaired) electrons. The number of ether oxygens (including phenoxy) is 1. The Labute approximate surface area is 200 Å². The zero-order valence-corrected chi connectivity index (χ0v) is 19.5. The minimum atomic E-state index is -0.464. The fourth-order valence-electron chi connectivity index (χ4n) is 3.41. The van der Waals surface area contributed by atoms with E-state index in [9.17, 15) is 14.5 Å². The predicted octanol–water partition coefficient (Wildman–Crippen LogP) is 5.71. The number of aryl methyl sites for hydroxylation is 2. The van der Waals surface area contributed by atoms with E-state index in [0.29, 0.717) is 23.3 Å². The van der Waals surface area contributed by atoms with Crippen molar-refractivity contribution in [3.05, 3.63) is 111 Å². The van der Waals surface area contributed by atoms with Crippen molar-refractivity contribution in [2.45, 2.75) is 30.9 Å². The topological polar surface area (TPSA) is 83.1 Å². The molecule has 4 aromatic rings. The molecule has 0 N–H and O–H groups in total. The van der Waals surface area contributed by atoms with E-state index in [1.807, 2.05) is 54.8 Å². The Kier molecular flexibility index (Phi) is 7.22. The zero-order chi connectivity index (χ0) is 24.1. The Morgan fingerprint density at radius 3 is 2.32 bits per heavy atom. The highest BCUT2D eigenvalue weighted by Gasteiger charge is 2.24. The van der Waals surface area contributed by atoms with E-state index < -0.39 is 5.25 Å². The first kappa shape index (κ1) is 23.4.